The maximum atomic E-state index is 13.5. The number of rotatable bonds is 2. The van der Waals surface area contributed by atoms with Crippen molar-refractivity contribution in [3.05, 3.63) is 33.1 Å². The lowest BCUT2D eigenvalue weighted by Crippen LogP contribution is -2.33. The first-order valence-corrected chi connectivity index (χ1v) is 6.97. The van der Waals surface area contributed by atoms with E-state index in [-0.39, 0.29) is 16.8 Å². The molecule has 5 nitrogen and oxygen atoms in total. The highest BCUT2D eigenvalue weighted by atomic mass is 35.5. The van der Waals surface area contributed by atoms with Crippen molar-refractivity contribution in [2.45, 2.75) is 13.0 Å². The van der Waals surface area contributed by atoms with Gasteiger partial charge in [-0.05, 0) is 24.8 Å². The van der Waals surface area contributed by atoms with Gasteiger partial charge in [-0.25, -0.2) is 4.39 Å². The number of nitrogens with zero attached hydrogens (tertiary/aromatic N) is 2. The van der Waals surface area contributed by atoms with Crippen molar-refractivity contribution in [1.29, 1.82) is 0 Å². The molecule has 0 bridgehead atoms. The molecule has 3 rings (SSSR count). The molecule has 0 amide bonds. The minimum Gasteiger partial charge on any atom is -0.363 e. The Bertz CT molecular complexity index is 569. The van der Waals surface area contributed by atoms with Crippen LogP contribution >= 0.6 is 11.6 Å². The van der Waals surface area contributed by atoms with Crippen molar-refractivity contribution < 1.29 is 9.31 Å². The highest BCUT2D eigenvalue weighted by molar-refractivity contribution is 6.31. The van der Waals surface area contributed by atoms with Crippen LogP contribution in [0.3, 0.4) is 0 Å². The Labute approximate surface area is 120 Å². The van der Waals surface area contributed by atoms with Gasteiger partial charge in [-0.15, -0.1) is 0 Å². The summed E-state index contributed by atoms with van der Waals surface area (Å²) in [5.74, 6) is 0.197. The normalized spacial score (nSPS) is 28.8. The second-order valence-electron chi connectivity index (χ2n) is 5.49. The van der Waals surface area contributed by atoms with Gasteiger partial charge in [0.1, 0.15) is 11.5 Å². The maximum Gasteiger partial charge on any atom is 0.295 e. The third kappa shape index (κ3) is 2.03. The minimum atomic E-state index is -0.754. The molecule has 1 N–H and O–H groups in total. The highest BCUT2D eigenvalue weighted by Gasteiger charge is 2.43. The van der Waals surface area contributed by atoms with Crippen LogP contribution < -0.4 is 10.2 Å². The number of hydrogen-bond acceptors (Lipinski definition) is 4. The molecule has 2 aliphatic heterocycles. The van der Waals surface area contributed by atoms with Gasteiger partial charge in [0.2, 0.25) is 0 Å². The van der Waals surface area contributed by atoms with Gasteiger partial charge >= 0.3 is 0 Å². The van der Waals surface area contributed by atoms with Crippen molar-refractivity contribution in [2.75, 3.05) is 24.5 Å². The number of nitrogens with one attached hydrogen (secondary N) is 1. The van der Waals surface area contributed by atoms with Crippen LogP contribution in [0.2, 0.25) is 5.02 Å². The van der Waals surface area contributed by atoms with Gasteiger partial charge in [-0.2, -0.15) is 0 Å². The summed E-state index contributed by atoms with van der Waals surface area (Å²) in [6, 6.07) is 2.46. The van der Waals surface area contributed by atoms with Crippen LogP contribution in [-0.2, 0) is 0 Å². The lowest BCUT2D eigenvalue weighted by molar-refractivity contribution is -0.384. The molecule has 2 saturated heterocycles. The molecular weight excluding hydrogens is 285 g/mol. The van der Waals surface area contributed by atoms with Crippen molar-refractivity contribution >= 4 is 23.0 Å². The summed E-state index contributed by atoms with van der Waals surface area (Å²) in [5, 5.41) is 14.4. The minimum absolute atomic E-state index is 0.0759. The number of halogens is 2. The Morgan fingerprint density at radius 3 is 2.90 bits per heavy atom. The van der Waals surface area contributed by atoms with E-state index in [1.165, 1.54) is 6.07 Å². The Balaban J connectivity index is 2.02. The van der Waals surface area contributed by atoms with Crippen molar-refractivity contribution in [3.63, 3.8) is 0 Å². The second-order valence-corrected chi connectivity index (χ2v) is 5.89. The lowest BCUT2D eigenvalue weighted by atomic mass is 9.95. The number of anilines is 1. The van der Waals surface area contributed by atoms with Gasteiger partial charge in [0.05, 0.1) is 16.0 Å². The van der Waals surface area contributed by atoms with Gasteiger partial charge in [-0.1, -0.05) is 11.6 Å². The molecule has 3 unspecified atom stereocenters. The smallest absolute Gasteiger partial charge is 0.295 e. The molecule has 2 fully saturated rings. The number of nitro benzene ring substituents is 1. The quantitative estimate of drug-likeness (QED) is 0.673. The van der Waals surface area contributed by atoms with Gasteiger partial charge in [0, 0.05) is 25.7 Å². The summed E-state index contributed by atoms with van der Waals surface area (Å²) < 4.78 is 13.5. The molecule has 7 heteroatoms. The predicted molar refractivity (Wildman–Crippen MR) is 74.7 cm³/mol. The molecule has 1 aromatic rings. The molecule has 2 heterocycles. The molecule has 0 radical (unpaired) electrons. The Morgan fingerprint density at radius 2 is 2.25 bits per heavy atom. The van der Waals surface area contributed by atoms with E-state index in [1.54, 1.807) is 0 Å². The zero-order valence-electron chi connectivity index (χ0n) is 11.0. The van der Waals surface area contributed by atoms with Gasteiger partial charge in [0.15, 0.2) is 0 Å². The third-order valence-electron chi connectivity index (χ3n) is 4.46. The van der Waals surface area contributed by atoms with Crippen molar-refractivity contribution in [3.8, 4) is 0 Å². The van der Waals surface area contributed by atoms with E-state index in [4.69, 9.17) is 11.6 Å². The fraction of sp³-hybridized carbons (Fsp3) is 0.538. The van der Waals surface area contributed by atoms with E-state index in [9.17, 15) is 14.5 Å². The van der Waals surface area contributed by atoms with Crippen LogP contribution in [0.25, 0.3) is 0 Å². The Hall–Kier alpha value is -1.40. The summed E-state index contributed by atoms with van der Waals surface area (Å²) in [6.45, 7) is 4.64. The molecule has 108 valence electrons. The van der Waals surface area contributed by atoms with E-state index in [0.717, 1.165) is 25.7 Å². The summed E-state index contributed by atoms with van der Waals surface area (Å²) in [4.78, 5) is 12.6. The van der Waals surface area contributed by atoms with E-state index in [1.807, 2.05) is 4.90 Å². The highest BCUT2D eigenvalue weighted by Crippen LogP contribution is 2.41. The first kappa shape index (κ1) is 13.6. The first-order valence-electron chi connectivity index (χ1n) is 6.60. The summed E-state index contributed by atoms with van der Waals surface area (Å²) in [7, 11) is 0. The van der Waals surface area contributed by atoms with Crippen LogP contribution in [0.4, 0.5) is 15.8 Å². The van der Waals surface area contributed by atoms with Gasteiger partial charge in [-0.3, -0.25) is 10.1 Å². The fourth-order valence-corrected chi connectivity index (χ4v) is 3.55. The number of fused-ring (bicyclic) bond motifs is 1. The van der Waals surface area contributed by atoms with Crippen LogP contribution in [-0.4, -0.2) is 30.6 Å². The van der Waals surface area contributed by atoms with E-state index >= 15 is 0 Å². The zero-order valence-corrected chi connectivity index (χ0v) is 11.7. The van der Waals surface area contributed by atoms with Crippen LogP contribution in [0.5, 0.6) is 0 Å². The number of hydrogen-bond donors (Lipinski definition) is 1. The topological polar surface area (TPSA) is 58.4 Å². The summed E-state index contributed by atoms with van der Waals surface area (Å²) >= 11 is 5.80. The summed E-state index contributed by atoms with van der Waals surface area (Å²) in [5.41, 5.74) is 0.204. The monoisotopic (exact) mass is 299 g/mol. The molecular formula is C13H15ClFN3O2. The molecule has 3 atom stereocenters. The first-order chi connectivity index (χ1) is 9.49. The van der Waals surface area contributed by atoms with Crippen LogP contribution in [0.1, 0.15) is 6.92 Å². The summed E-state index contributed by atoms with van der Waals surface area (Å²) in [6.07, 6.45) is 0. The molecule has 2 aliphatic rings. The molecule has 0 spiro atoms. The zero-order chi connectivity index (χ0) is 14.4. The second kappa shape index (κ2) is 4.86. The average Bonchev–Trinajstić information content (AvgIpc) is 2.96. The van der Waals surface area contributed by atoms with Crippen molar-refractivity contribution in [2.24, 2.45) is 11.8 Å². The largest absolute Gasteiger partial charge is 0.363 e. The Morgan fingerprint density at radius 1 is 1.50 bits per heavy atom. The third-order valence-corrected chi connectivity index (χ3v) is 4.75. The van der Waals surface area contributed by atoms with E-state index < -0.39 is 10.7 Å². The van der Waals surface area contributed by atoms with Crippen molar-refractivity contribution in [1.82, 2.24) is 5.32 Å². The van der Waals surface area contributed by atoms with Gasteiger partial charge < -0.3 is 10.2 Å². The van der Waals surface area contributed by atoms with E-state index in [0.29, 0.717) is 17.5 Å². The molecule has 20 heavy (non-hydrogen) atoms. The maximum absolute atomic E-state index is 13.5. The molecule has 0 aliphatic carbocycles. The fourth-order valence-electron chi connectivity index (χ4n) is 3.39. The predicted octanol–water partition coefficient (Wildman–Crippen LogP) is 2.43. The SMILES string of the molecule is CC1C2CNCC2CN1c1cc(Cl)c(F)cc1[N+](=O)[O-]. The van der Waals surface area contributed by atoms with Crippen LogP contribution in [0.15, 0.2) is 12.1 Å². The molecule has 1 aromatic carbocycles. The average molecular weight is 300 g/mol. The van der Waals surface area contributed by atoms with Crippen LogP contribution in [0, 0.1) is 27.8 Å². The molecule has 0 aromatic heterocycles. The number of benzene rings is 1. The number of nitro groups is 1. The van der Waals surface area contributed by atoms with Gasteiger partial charge in [0.25, 0.3) is 5.69 Å². The standard InChI is InChI=1S/C13H15ClFN3O2/c1-7-9-5-16-4-8(9)6-17(7)12-2-10(14)11(15)3-13(12)18(19)20/h2-3,7-9,16H,4-6H2,1H3. The molecule has 0 saturated carbocycles. The Kier molecular flexibility index (Phi) is 3.30. The lowest BCUT2D eigenvalue weighted by Gasteiger charge is -2.26. The van der Waals surface area contributed by atoms with E-state index in [2.05, 4.69) is 12.2 Å².